The monoisotopic (exact) mass is 416 g/mol. The summed E-state index contributed by atoms with van der Waals surface area (Å²) < 4.78 is 0. The second-order valence-electron chi connectivity index (χ2n) is 6.15. The van der Waals surface area contributed by atoms with Crippen LogP contribution in [0.1, 0.15) is 69.3 Å². The summed E-state index contributed by atoms with van der Waals surface area (Å²) in [5.74, 6) is 0.941. The Balaban J connectivity index is -0.00000121. The molecule has 0 saturated heterocycles. The van der Waals surface area contributed by atoms with Crippen LogP contribution < -0.4 is 0 Å². The molecule has 0 aliphatic rings. The summed E-state index contributed by atoms with van der Waals surface area (Å²) >= 11 is 0. The first-order valence-electron chi connectivity index (χ1n) is 7.75. The molecular weight excluding hydrogens is 383 g/mol. The maximum absolute atomic E-state index is 5.01. The minimum atomic E-state index is 0. The van der Waals surface area contributed by atoms with Crippen LogP contribution >= 0.6 is 0 Å². The van der Waals surface area contributed by atoms with E-state index in [9.17, 15) is 0 Å². The normalized spacial score (nSPS) is 10.7. The predicted molar refractivity (Wildman–Crippen MR) is 110 cm³/mol. The first-order valence-corrected chi connectivity index (χ1v) is 7.75. The van der Waals surface area contributed by atoms with Crippen LogP contribution in [0.3, 0.4) is 0 Å². The van der Waals surface area contributed by atoms with Gasteiger partial charge in [-0.05, 0) is 24.0 Å². The number of hydrogen-bond acceptors (Lipinski definition) is 1. The first-order chi connectivity index (χ1) is 10.0. The number of rotatable bonds is 5. The molecule has 25 heavy (non-hydrogen) atoms. The van der Waals surface area contributed by atoms with Crippen LogP contribution in [0, 0.1) is 22.3 Å². The van der Waals surface area contributed by atoms with Gasteiger partial charge in [0, 0.05) is 11.9 Å². The van der Waals surface area contributed by atoms with Crippen molar-refractivity contribution in [3.05, 3.63) is 87.0 Å². The van der Waals surface area contributed by atoms with Crippen molar-refractivity contribution < 1.29 is 26.2 Å². The Bertz CT molecular complexity index is 554. The van der Waals surface area contributed by atoms with Gasteiger partial charge in [0.25, 0.3) is 0 Å². The van der Waals surface area contributed by atoms with Gasteiger partial charge in [-0.2, -0.15) is 0 Å². The van der Waals surface area contributed by atoms with Crippen molar-refractivity contribution in [3.63, 3.8) is 0 Å². The van der Waals surface area contributed by atoms with Crippen molar-refractivity contribution in [1.82, 2.24) is 4.98 Å². The number of benzene rings is 1. The Labute approximate surface area is 176 Å². The van der Waals surface area contributed by atoms with Gasteiger partial charge < -0.3 is 27.6 Å². The van der Waals surface area contributed by atoms with Crippen LogP contribution in [0.5, 0.6) is 0 Å². The molecule has 1 unspecified atom stereocenters. The van der Waals surface area contributed by atoms with Gasteiger partial charge in [0.15, 0.2) is 0 Å². The fraction of sp³-hybridized carbons (Fsp3) is 0.364. The molecule has 0 amide bonds. The molecule has 1 aromatic carbocycles. The van der Waals surface area contributed by atoms with Crippen molar-refractivity contribution in [2.45, 2.75) is 52.5 Å². The quantitative estimate of drug-likeness (QED) is 0.464. The minimum absolute atomic E-state index is 0. The van der Waals surface area contributed by atoms with Gasteiger partial charge in [-0.3, -0.25) is 4.98 Å². The number of nitrogens with zero attached hydrogens (tertiary/aromatic N) is 2. The van der Waals surface area contributed by atoms with E-state index in [2.05, 4.69) is 57.8 Å². The van der Waals surface area contributed by atoms with Gasteiger partial charge in [0.05, 0.1) is 0 Å². The van der Waals surface area contributed by atoms with Crippen LogP contribution in [0.4, 0.5) is 5.69 Å². The first kappa shape index (κ1) is 28.8. The average molecular weight is 418 g/mol. The van der Waals surface area contributed by atoms with Gasteiger partial charge in [0.2, 0.25) is 0 Å². The fourth-order valence-electron chi connectivity index (χ4n) is 2.54. The molecule has 0 saturated carbocycles. The minimum Gasteiger partial charge on any atom is -0.677 e. The molecule has 0 fully saturated rings. The van der Waals surface area contributed by atoms with Crippen molar-refractivity contribution >= 4 is 5.69 Å². The summed E-state index contributed by atoms with van der Waals surface area (Å²) in [6.07, 6.45) is 1.83. The number of hydrogen-bond donors (Lipinski definition) is 0. The summed E-state index contributed by atoms with van der Waals surface area (Å²) in [4.78, 5) is 4.43. The molecule has 1 aromatic heterocycles. The van der Waals surface area contributed by atoms with Crippen LogP contribution in [0.25, 0.3) is 5.32 Å². The third kappa shape index (κ3) is 7.44. The third-order valence-electron chi connectivity index (χ3n) is 3.78. The van der Waals surface area contributed by atoms with E-state index in [0.29, 0.717) is 11.8 Å². The third-order valence-corrected chi connectivity index (χ3v) is 3.78. The van der Waals surface area contributed by atoms with Gasteiger partial charge in [-0.1, -0.05) is 76.1 Å². The van der Waals surface area contributed by atoms with E-state index in [1.807, 2.05) is 24.4 Å². The predicted octanol–water partition coefficient (Wildman–Crippen LogP) is 7.44. The van der Waals surface area contributed by atoms with Crippen LogP contribution in [0.15, 0.2) is 42.6 Å². The molecule has 0 bridgehead atoms. The summed E-state index contributed by atoms with van der Waals surface area (Å²) in [6.45, 7) is 11.0. The van der Waals surface area contributed by atoms with Gasteiger partial charge in [-0.25, -0.2) is 0 Å². The van der Waals surface area contributed by atoms with E-state index < -0.39 is 0 Å². The molecule has 1 heterocycles. The topological polar surface area (TPSA) is 27.0 Å². The van der Waals surface area contributed by atoms with Gasteiger partial charge in [0.1, 0.15) is 0 Å². The maximum atomic E-state index is 5.01. The molecule has 136 valence electrons. The average Bonchev–Trinajstić information content (AvgIpc) is 2.47. The Morgan fingerprint density at radius 3 is 1.68 bits per heavy atom. The summed E-state index contributed by atoms with van der Waals surface area (Å²) in [7, 11) is 0. The zero-order chi connectivity index (χ0) is 15.4. The molecular formula is C22H34N2Zr. The van der Waals surface area contributed by atoms with Crippen LogP contribution in [0.2, 0.25) is 0 Å². The maximum Gasteiger partial charge on any atom is 4.00 e. The molecule has 2 nitrogen and oxygen atoms in total. The van der Waals surface area contributed by atoms with Gasteiger partial charge in [-0.15, -0.1) is 5.69 Å². The van der Waals surface area contributed by atoms with Crippen molar-refractivity contribution in [2.24, 2.45) is 0 Å². The fourth-order valence-corrected chi connectivity index (χ4v) is 2.54. The van der Waals surface area contributed by atoms with E-state index in [-0.39, 0.29) is 54.5 Å². The van der Waals surface area contributed by atoms with Crippen molar-refractivity contribution in [3.8, 4) is 0 Å². The summed E-state index contributed by atoms with van der Waals surface area (Å²) in [6, 6.07) is 12.6. The Kier molecular flexibility index (Phi) is 15.3. The number of pyridine rings is 1. The van der Waals surface area contributed by atoms with E-state index in [1.165, 1.54) is 11.1 Å². The SMILES string of the molecule is CC(C)c1cccc(C(C)C)c1[N-]C(C)c1ccccn1.[CH3-].[CH3-].[CH3-].[Zr+4]. The molecule has 2 aromatic rings. The van der Waals surface area contributed by atoms with Crippen LogP contribution in [-0.4, -0.2) is 4.98 Å². The molecule has 0 spiro atoms. The molecule has 0 radical (unpaired) electrons. The number of aromatic nitrogens is 1. The van der Waals surface area contributed by atoms with Crippen molar-refractivity contribution in [1.29, 1.82) is 0 Å². The molecule has 0 aliphatic heterocycles. The Morgan fingerprint density at radius 1 is 0.760 bits per heavy atom. The Morgan fingerprint density at radius 2 is 1.28 bits per heavy atom. The van der Waals surface area contributed by atoms with E-state index in [4.69, 9.17) is 5.32 Å². The van der Waals surface area contributed by atoms with Crippen molar-refractivity contribution in [2.75, 3.05) is 0 Å². The van der Waals surface area contributed by atoms with E-state index >= 15 is 0 Å². The molecule has 1 atom stereocenters. The molecule has 2 rings (SSSR count). The second-order valence-corrected chi connectivity index (χ2v) is 6.15. The van der Waals surface area contributed by atoms with E-state index in [1.54, 1.807) is 0 Å². The van der Waals surface area contributed by atoms with E-state index in [0.717, 1.165) is 11.4 Å². The molecule has 0 aliphatic carbocycles. The number of para-hydroxylation sites is 1. The summed E-state index contributed by atoms with van der Waals surface area (Å²) in [5, 5.41) is 5.01. The standard InChI is InChI=1S/C19H25N2.3CH3.Zr/c1-13(2)16-9-8-10-17(14(3)4)19(16)21-15(5)18-11-6-7-12-20-18;;;;/h6-15H,1-5H3;3*1H3;/q4*-1;+4. The van der Waals surface area contributed by atoms with Gasteiger partial charge >= 0.3 is 26.2 Å². The smallest absolute Gasteiger partial charge is 0.677 e. The summed E-state index contributed by atoms with van der Waals surface area (Å²) in [5.41, 5.74) is 4.82. The largest absolute Gasteiger partial charge is 4.00 e. The molecule has 3 heteroatoms. The Hall–Kier alpha value is -0.947. The molecule has 0 N–H and O–H groups in total. The zero-order valence-corrected chi connectivity index (χ0v) is 19.6. The zero-order valence-electron chi connectivity index (χ0n) is 17.2. The van der Waals surface area contributed by atoms with Crippen LogP contribution in [-0.2, 0) is 26.2 Å². The second kappa shape index (κ2) is 13.3.